The van der Waals surface area contributed by atoms with Crippen LogP contribution in [0.15, 0.2) is 55.0 Å². The molecule has 4 aromatic rings. The molecule has 1 fully saturated rings. The molecule has 5 heterocycles. The Morgan fingerprint density at radius 3 is 2.62 bits per heavy atom. The first-order valence-corrected chi connectivity index (χ1v) is 13.0. The van der Waals surface area contributed by atoms with Crippen molar-refractivity contribution in [1.29, 1.82) is 0 Å². The van der Waals surface area contributed by atoms with Gasteiger partial charge in [-0.15, -0.1) is 0 Å². The van der Waals surface area contributed by atoms with Crippen molar-refractivity contribution in [3.8, 4) is 11.4 Å². The summed E-state index contributed by atoms with van der Waals surface area (Å²) in [7, 11) is 1.79. The van der Waals surface area contributed by atoms with Gasteiger partial charge in [0.15, 0.2) is 11.6 Å². The average molecular weight is 527 g/mol. The second-order valence-electron chi connectivity index (χ2n) is 9.66. The van der Waals surface area contributed by atoms with Crippen LogP contribution >= 0.6 is 0 Å². The van der Waals surface area contributed by atoms with Crippen LogP contribution in [-0.2, 0) is 24.8 Å². The molecule has 0 spiro atoms. The predicted octanol–water partition coefficient (Wildman–Crippen LogP) is 3.10. The molecule has 39 heavy (non-hydrogen) atoms. The number of ether oxygens (including phenoxy) is 1. The topological polar surface area (TPSA) is 126 Å². The van der Waals surface area contributed by atoms with Gasteiger partial charge in [-0.25, -0.2) is 24.7 Å². The van der Waals surface area contributed by atoms with E-state index in [-0.39, 0.29) is 12.1 Å². The number of hydrogen-bond acceptors (Lipinski definition) is 9. The second kappa shape index (κ2) is 10.7. The number of benzene rings is 1. The molecular weight excluding hydrogens is 496 g/mol. The molecule has 1 saturated heterocycles. The molecule has 0 unspecified atom stereocenters. The minimum absolute atomic E-state index is 0.213. The van der Waals surface area contributed by atoms with Crippen molar-refractivity contribution < 1.29 is 9.53 Å². The Bertz CT molecular complexity index is 1460. The van der Waals surface area contributed by atoms with Gasteiger partial charge in [0.25, 0.3) is 0 Å². The lowest BCUT2D eigenvalue weighted by Gasteiger charge is -2.37. The van der Waals surface area contributed by atoms with E-state index in [1.807, 2.05) is 30.3 Å². The third kappa shape index (κ3) is 5.36. The summed E-state index contributed by atoms with van der Waals surface area (Å²) >= 11 is 0. The Hall–Kier alpha value is -4.58. The highest BCUT2D eigenvalue weighted by Gasteiger charge is 2.29. The SMILES string of the molecule is C[C@H]1COCCN1c1nc(-c2ccc(NC(=O)Nc3ccn(C)n3)cc2)nc2c1CCN(c1ncccn1)C2. The zero-order chi connectivity index (χ0) is 26.8. The van der Waals surface area contributed by atoms with Crippen LogP contribution in [-0.4, -0.2) is 68.1 Å². The predicted molar refractivity (Wildman–Crippen MR) is 148 cm³/mol. The van der Waals surface area contributed by atoms with Gasteiger partial charge in [0.1, 0.15) is 5.82 Å². The fraction of sp³-hybridized carbons (Fsp3) is 0.333. The Morgan fingerprint density at radius 1 is 1.05 bits per heavy atom. The third-order valence-corrected chi connectivity index (χ3v) is 6.87. The van der Waals surface area contributed by atoms with E-state index in [9.17, 15) is 4.79 Å². The third-order valence-electron chi connectivity index (χ3n) is 6.87. The van der Waals surface area contributed by atoms with E-state index in [0.717, 1.165) is 36.6 Å². The van der Waals surface area contributed by atoms with Gasteiger partial charge in [-0.1, -0.05) is 0 Å². The Kier molecular flexibility index (Phi) is 6.76. The van der Waals surface area contributed by atoms with Gasteiger partial charge in [-0.3, -0.25) is 10.00 Å². The molecule has 2 aliphatic heterocycles. The summed E-state index contributed by atoms with van der Waals surface area (Å²) < 4.78 is 7.32. The Balaban J connectivity index is 1.28. The van der Waals surface area contributed by atoms with Crippen molar-refractivity contribution in [2.45, 2.75) is 25.9 Å². The summed E-state index contributed by atoms with van der Waals surface area (Å²) in [6, 6.07) is 10.9. The minimum Gasteiger partial charge on any atom is -0.377 e. The number of morpholine rings is 1. The molecule has 2 aliphatic rings. The van der Waals surface area contributed by atoms with Gasteiger partial charge < -0.3 is 19.9 Å². The zero-order valence-electron chi connectivity index (χ0n) is 21.9. The number of anilines is 4. The monoisotopic (exact) mass is 526 g/mol. The van der Waals surface area contributed by atoms with E-state index in [0.29, 0.717) is 43.0 Å². The van der Waals surface area contributed by atoms with Crippen LogP contribution in [0.2, 0.25) is 0 Å². The van der Waals surface area contributed by atoms with Gasteiger partial charge in [-0.2, -0.15) is 5.10 Å². The first kappa shape index (κ1) is 24.7. The van der Waals surface area contributed by atoms with Crippen molar-refractivity contribution in [3.63, 3.8) is 0 Å². The number of hydrogen-bond donors (Lipinski definition) is 2. The van der Waals surface area contributed by atoms with Gasteiger partial charge in [-0.05, 0) is 43.7 Å². The summed E-state index contributed by atoms with van der Waals surface area (Å²) in [5, 5.41) is 9.72. The van der Waals surface area contributed by atoms with Crippen LogP contribution < -0.4 is 20.4 Å². The number of aryl methyl sites for hydroxylation is 1. The van der Waals surface area contributed by atoms with Crippen molar-refractivity contribution >= 4 is 29.3 Å². The Morgan fingerprint density at radius 2 is 1.87 bits per heavy atom. The summed E-state index contributed by atoms with van der Waals surface area (Å²) in [4.78, 5) is 35.8. The normalized spacial score (nSPS) is 17.0. The fourth-order valence-corrected chi connectivity index (χ4v) is 4.91. The first-order valence-electron chi connectivity index (χ1n) is 13.0. The number of amides is 2. The zero-order valence-corrected chi connectivity index (χ0v) is 21.9. The molecular formula is C27H30N10O2. The number of rotatable bonds is 5. The number of aromatic nitrogens is 6. The summed E-state index contributed by atoms with van der Waals surface area (Å²) in [6.07, 6.45) is 6.09. The van der Waals surface area contributed by atoms with Gasteiger partial charge in [0, 0.05) is 61.6 Å². The lowest BCUT2D eigenvalue weighted by atomic mass is 10.0. The smallest absolute Gasteiger partial charge is 0.324 e. The van der Waals surface area contributed by atoms with E-state index >= 15 is 0 Å². The maximum atomic E-state index is 12.4. The van der Waals surface area contributed by atoms with E-state index in [1.165, 1.54) is 5.56 Å². The summed E-state index contributed by atoms with van der Waals surface area (Å²) in [5.74, 6) is 2.79. The molecule has 0 saturated carbocycles. The first-order chi connectivity index (χ1) is 19.0. The summed E-state index contributed by atoms with van der Waals surface area (Å²) in [5.41, 5.74) is 3.66. The quantitative estimate of drug-likeness (QED) is 0.403. The van der Waals surface area contributed by atoms with Crippen LogP contribution in [0.4, 0.5) is 28.1 Å². The molecule has 12 nitrogen and oxygen atoms in total. The van der Waals surface area contributed by atoms with Crippen molar-refractivity contribution in [1.82, 2.24) is 29.7 Å². The average Bonchev–Trinajstić information content (AvgIpc) is 3.37. The van der Waals surface area contributed by atoms with Crippen LogP contribution in [0.5, 0.6) is 0 Å². The molecule has 0 radical (unpaired) electrons. The molecule has 2 amide bonds. The van der Waals surface area contributed by atoms with Crippen molar-refractivity contribution in [3.05, 3.63) is 66.2 Å². The second-order valence-corrected chi connectivity index (χ2v) is 9.66. The summed E-state index contributed by atoms with van der Waals surface area (Å²) in [6.45, 7) is 5.68. The van der Waals surface area contributed by atoms with Crippen LogP contribution in [0.1, 0.15) is 18.2 Å². The highest BCUT2D eigenvalue weighted by atomic mass is 16.5. The number of carbonyl (C=O) groups is 1. The Labute approximate surface area is 226 Å². The molecule has 0 aliphatic carbocycles. The molecule has 1 atom stereocenters. The molecule has 1 aromatic carbocycles. The molecule has 2 N–H and O–H groups in total. The highest BCUT2D eigenvalue weighted by molar-refractivity contribution is 5.99. The van der Waals surface area contributed by atoms with E-state index in [2.05, 4.69) is 42.4 Å². The lowest BCUT2D eigenvalue weighted by molar-refractivity contribution is 0.0984. The van der Waals surface area contributed by atoms with E-state index in [1.54, 1.807) is 36.4 Å². The van der Waals surface area contributed by atoms with Gasteiger partial charge in [0.05, 0.1) is 31.5 Å². The van der Waals surface area contributed by atoms with Crippen molar-refractivity contribution in [2.75, 3.05) is 46.7 Å². The van der Waals surface area contributed by atoms with Gasteiger partial charge in [0.2, 0.25) is 5.95 Å². The number of nitrogens with zero attached hydrogens (tertiary/aromatic N) is 8. The molecule has 6 rings (SSSR count). The van der Waals surface area contributed by atoms with E-state index in [4.69, 9.17) is 14.7 Å². The fourth-order valence-electron chi connectivity index (χ4n) is 4.91. The number of nitrogens with one attached hydrogen (secondary N) is 2. The maximum absolute atomic E-state index is 12.4. The van der Waals surface area contributed by atoms with Crippen LogP contribution in [0.3, 0.4) is 0 Å². The molecule has 3 aromatic heterocycles. The van der Waals surface area contributed by atoms with Crippen molar-refractivity contribution in [2.24, 2.45) is 7.05 Å². The van der Waals surface area contributed by atoms with Gasteiger partial charge >= 0.3 is 6.03 Å². The van der Waals surface area contributed by atoms with Crippen LogP contribution in [0.25, 0.3) is 11.4 Å². The molecule has 200 valence electrons. The molecule has 12 heteroatoms. The number of urea groups is 1. The van der Waals surface area contributed by atoms with Crippen LogP contribution in [0, 0.1) is 0 Å². The minimum atomic E-state index is -0.363. The molecule has 0 bridgehead atoms. The lowest BCUT2D eigenvalue weighted by Crippen LogP contribution is -2.45. The number of carbonyl (C=O) groups excluding carboxylic acids is 1. The number of fused-ring (bicyclic) bond motifs is 1. The standard InChI is InChI=1S/C27H30N10O2/c1-18-17-39-15-14-37(18)25-21-8-13-36(26-28-10-3-11-29-26)16-22(21)31-24(33-25)19-4-6-20(7-5-19)30-27(38)32-23-9-12-35(2)34-23/h3-7,9-12,18H,8,13-17H2,1-2H3,(H2,30,32,34,38)/t18-/m0/s1. The highest BCUT2D eigenvalue weighted by Crippen LogP contribution is 2.32. The largest absolute Gasteiger partial charge is 0.377 e. The maximum Gasteiger partial charge on any atom is 0.324 e. The van der Waals surface area contributed by atoms with E-state index < -0.39 is 0 Å².